The first-order chi connectivity index (χ1) is 15.7. The fraction of sp³-hybridized carbons (Fsp3) is 0.227. The van der Waals surface area contributed by atoms with Crippen molar-refractivity contribution in [3.8, 4) is 5.75 Å². The number of amides is 2. The number of nitrogens with zero attached hydrogens (tertiary/aromatic N) is 2. The van der Waals surface area contributed by atoms with E-state index in [2.05, 4.69) is 10.3 Å². The third-order valence-corrected chi connectivity index (χ3v) is 5.18. The number of thioether (sulfide) groups is 1. The molecule has 1 N–H and O–H groups in total. The summed E-state index contributed by atoms with van der Waals surface area (Å²) < 4.78 is 5.75. The van der Waals surface area contributed by atoms with Crippen molar-refractivity contribution in [2.24, 2.45) is 0 Å². The second-order valence-electron chi connectivity index (χ2n) is 6.66. The SMILES string of the molecule is CN(CCOc1ccc(CC2SC(=O)NC2=O)cc1)c1ccccn1.O=C([O-])/C=C\C(=O)[O-]. The van der Waals surface area contributed by atoms with E-state index in [1.807, 2.05) is 54.4 Å². The average Bonchev–Trinajstić information content (AvgIpc) is 3.11. The van der Waals surface area contributed by atoms with Crippen LogP contribution in [0.3, 0.4) is 0 Å². The number of carbonyl (C=O) groups excluding carboxylic acids is 4. The summed E-state index contributed by atoms with van der Waals surface area (Å²) in [5, 5.41) is 20.5. The van der Waals surface area contributed by atoms with Crippen LogP contribution in [0.4, 0.5) is 10.6 Å². The molecule has 2 amide bonds. The van der Waals surface area contributed by atoms with Crippen molar-refractivity contribution in [3.05, 3.63) is 66.4 Å². The molecule has 10 nitrogen and oxygen atoms in total. The summed E-state index contributed by atoms with van der Waals surface area (Å²) in [6, 6.07) is 13.4. The highest BCUT2D eigenvalue weighted by Crippen LogP contribution is 2.23. The standard InChI is InChI=1S/C18H19N3O3S.C4H4O4/c1-21(16-4-2-3-9-19-16)10-11-24-14-7-5-13(6-8-14)12-15-17(22)20-18(23)25-15;5-3(6)1-2-4(7)8/h2-9,15H,10-12H2,1H3,(H,20,22,23);1-2H,(H,5,6)(H,7,8)/p-2/b;2-1-. The minimum absolute atomic E-state index is 0.215. The van der Waals surface area contributed by atoms with Gasteiger partial charge in [0.15, 0.2) is 0 Å². The predicted molar refractivity (Wildman–Crippen MR) is 117 cm³/mol. The maximum absolute atomic E-state index is 11.6. The number of hydrogen-bond acceptors (Lipinski definition) is 10. The summed E-state index contributed by atoms with van der Waals surface area (Å²) in [6.45, 7) is 1.27. The summed E-state index contributed by atoms with van der Waals surface area (Å²) in [6.07, 6.45) is 3.07. The minimum Gasteiger partial charge on any atom is -0.545 e. The van der Waals surface area contributed by atoms with Gasteiger partial charge in [-0.1, -0.05) is 30.0 Å². The third-order valence-electron chi connectivity index (χ3n) is 4.20. The number of nitrogens with one attached hydrogen (secondary N) is 1. The molecule has 0 saturated carbocycles. The lowest BCUT2D eigenvalue weighted by atomic mass is 10.1. The van der Waals surface area contributed by atoms with Gasteiger partial charge < -0.3 is 29.4 Å². The van der Waals surface area contributed by atoms with E-state index >= 15 is 0 Å². The molecular weight excluding hydrogens is 450 g/mol. The van der Waals surface area contributed by atoms with Crippen molar-refractivity contribution in [1.82, 2.24) is 10.3 Å². The number of imide groups is 1. The second kappa shape index (κ2) is 12.9. The van der Waals surface area contributed by atoms with Crippen LogP contribution < -0.4 is 25.2 Å². The first-order valence-corrected chi connectivity index (χ1v) is 10.6. The van der Waals surface area contributed by atoms with Crippen LogP contribution >= 0.6 is 11.8 Å². The maximum Gasteiger partial charge on any atom is 0.286 e. The van der Waals surface area contributed by atoms with E-state index in [1.54, 1.807) is 6.20 Å². The number of aliphatic carboxylic acids is 2. The number of benzene rings is 1. The van der Waals surface area contributed by atoms with Crippen LogP contribution in [0.15, 0.2) is 60.8 Å². The van der Waals surface area contributed by atoms with E-state index in [4.69, 9.17) is 4.74 Å². The number of anilines is 1. The zero-order valence-corrected chi connectivity index (χ0v) is 18.4. The zero-order chi connectivity index (χ0) is 24.2. The summed E-state index contributed by atoms with van der Waals surface area (Å²) in [5.41, 5.74) is 1.00. The van der Waals surface area contributed by atoms with Crippen molar-refractivity contribution in [1.29, 1.82) is 0 Å². The predicted octanol–water partition coefficient (Wildman–Crippen LogP) is -0.467. The molecule has 0 aliphatic carbocycles. The Morgan fingerprint density at radius 1 is 1.12 bits per heavy atom. The van der Waals surface area contributed by atoms with Crippen molar-refractivity contribution in [3.63, 3.8) is 0 Å². The van der Waals surface area contributed by atoms with Crippen LogP contribution in [0.1, 0.15) is 5.56 Å². The number of rotatable bonds is 9. The minimum atomic E-state index is -1.55. The monoisotopic (exact) mass is 471 g/mol. The van der Waals surface area contributed by atoms with E-state index < -0.39 is 11.9 Å². The summed E-state index contributed by atoms with van der Waals surface area (Å²) >= 11 is 1.05. The molecule has 0 radical (unpaired) electrons. The van der Waals surface area contributed by atoms with Gasteiger partial charge in [-0.25, -0.2) is 4.98 Å². The molecule has 1 saturated heterocycles. The molecule has 33 heavy (non-hydrogen) atoms. The third kappa shape index (κ3) is 9.44. The molecule has 1 unspecified atom stereocenters. The molecule has 1 aromatic carbocycles. The Morgan fingerprint density at radius 3 is 2.30 bits per heavy atom. The largest absolute Gasteiger partial charge is 0.545 e. The Hall–Kier alpha value is -3.86. The van der Waals surface area contributed by atoms with E-state index in [1.165, 1.54) is 0 Å². The van der Waals surface area contributed by atoms with Crippen molar-refractivity contribution < 1.29 is 34.1 Å². The highest BCUT2D eigenvalue weighted by Gasteiger charge is 2.31. The maximum atomic E-state index is 11.6. The van der Waals surface area contributed by atoms with Crippen LogP contribution in [0.2, 0.25) is 0 Å². The molecule has 1 aromatic heterocycles. The molecule has 2 aromatic rings. The van der Waals surface area contributed by atoms with Crippen molar-refractivity contribution >= 4 is 40.7 Å². The molecule has 174 valence electrons. The number of carbonyl (C=O) groups is 4. The fourth-order valence-corrected chi connectivity index (χ4v) is 3.45. The van der Waals surface area contributed by atoms with Gasteiger partial charge in [0, 0.05) is 13.2 Å². The Kier molecular flexibility index (Phi) is 9.90. The van der Waals surface area contributed by atoms with Gasteiger partial charge in [-0.3, -0.25) is 14.9 Å². The number of hydrogen-bond donors (Lipinski definition) is 1. The Morgan fingerprint density at radius 2 is 1.79 bits per heavy atom. The molecule has 1 atom stereocenters. The molecule has 11 heteroatoms. The highest BCUT2D eigenvalue weighted by atomic mass is 32.2. The second-order valence-corrected chi connectivity index (χ2v) is 7.84. The van der Waals surface area contributed by atoms with Gasteiger partial charge in [0.2, 0.25) is 5.91 Å². The van der Waals surface area contributed by atoms with Gasteiger partial charge in [0.05, 0.1) is 23.7 Å². The number of carboxylic acid groups (broad SMARTS) is 2. The summed E-state index contributed by atoms with van der Waals surface area (Å²) in [5.74, 6) is -1.63. The summed E-state index contributed by atoms with van der Waals surface area (Å²) in [7, 11) is 1.97. The first kappa shape index (κ1) is 25.4. The van der Waals surface area contributed by atoms with Crippen molar-refractivity contribution in [2.75, 3.05) is 25.1 Å². The molecule has 1 aliphatic heterocycles. The molecule has 3 rings (SSSR count). The van der Waals surface area contributed by atoms with Gasteiger partial charge in [-0.15, -0.1) is 0 Å². The van der Waals surface area contributed by atoms with Crippen LogP contribution in [0, 0.1) is 0 Å². The van der Waals surface area contributed by atoms with Crippen LogP contribution in [-0.4, -0.2) is 53.5 Å². The molecule has 2 heterocycles. The first-order valence-electron chi connectivity index (χ1n) is 9.70. The van der Waals surface area contributed by atoms with E-state index in [0.717, 1.165) is 35.4 Å². The lowest BCUT2D eigenvalue weighted by molar-refractivity contribution is -0.301. The number of pyridine rings is 1. The Balaban J connectivity index is 0.000000414. The van der Waals surface area contributed by atoms with Crippen LogP contribution in [-0.2, 0) is 20.8 Å². The van der Waals surface area contributed by atoms with Gasteiger partial charge >= 0.3 is 0 Å². The smallest absolute Gasteiger partial charge is 0.286 e. The lowest BCUT2D eigenvalue weighted by Gasteiger charge is -2.18. The molecular formula is C22H21N3O7S-2. The number of carboxylic acids is 2. The molecule has 1 aliphatic rings. The number of aromatic nitrogens is 1. The molecule has 0 bridgehead atoms. The van der Waals surface area contributed by atoms with E-state index in [-0.39, 0.29) is 16.4 Å². The normalized spacial score (nSPS) is 14.9. The van der Waals surface area contributed by atoms with Gasteiger partial charge in [0.25, 0.3) is 5.24 Å². The number of likely N-dealkylation sites (N-methyl/N-ethyl adjacent to an activating group) is 1. The lowest BCUT2D eigenvalue weighted by Crippen LogP contribution is -2.25. The van der Waals surface area contributed by atoms with Crippen molar-refractivity contribution in [2.45, 2.75) is 11.7 Å². The topological polar surface area (TPSA) is 152 Å². The van der Waals surface area contributed by atoms with Crippen LogP contribution in [0.5, 0.6) is 5.75 Å². The van der Waals surface area contributed by atoms with E-state index in [9.17, 15) is 29.4 Å². The van der Waals surface area contributed by atoms with Gasteiger partial charge in [-0.05, 0) is 48.4 Å². The van der Waals surface area contributed by atoms with Gasteiger partial charge in [-0.2, -0.15) is 0 Å². The highest BCUT2D eigenvalue weighted by molar-refractivity contribution is 8.15. The quantitative estimate of drug-likeness (QED) is 0.475. The van der Waals surface area contributed by atoms with Gasteiger partial charge in [0.1, 0.15) is 18.2 Å². The summed E-state index contributed by atoms with van der Waals surface area (Å²) in [4.78, 5) is 47.9. The molecule has 0 spiro atoms. The van der Waals surface area contributed by atoms with Crippen LogP contribution in [0.25, 0.3) is 0 Å². The Labute approximate surface area is 194 Å². The fourth-order valence-electron chi connectivity index (χ4n) is 2.59. The Bertz CT molecular complexity index is 981. The molecule has 1 fully saturated rings. The average molecular weight is 471 g/mol. The zero-order valence-electron chi connectivity index (χ0n) is 17.6. The number of ether oxygens (including phenoxy) is 1. The van der Waals surface area contributed by atoms with E-state index in [0.29, 0.717) is 25.2 Å².